The highest BCUT2D eigenvalue weighted by Crippen LogP contribution is 2.40. The van der Waals surface area contributed by atoms with E-state index >= 15 is 0 Å². The summed E-state index contributed by atoms with van der Waals surface area (Å²) in [6, 6.07) is 65.6. The van der Waals surface area contributed by atoms with Gasteiger partial charge in [0.1, 0.15) is 5.65 Å². The molecule has 0 spiro atoms. The first kappa shape index (κ1) is 30.1. The summed E-state index contributed by atoms with van der Waals surface area (Å²) < 4.78 is 2.30. The summed E-state index contributed by atoms with van der Waals surface area (Å²) in [6.07, 6.45) is 2.37. The molecule has 0 fully saturated rings. The highest BCUT2D eigenvalue weighted by Gasteiger charge is 2.16. The second-order valence-electron chi connectivity index (χ2n) is 13.6. The van der Waals surface area contributed by atoms with Crippen LogP contribution in [0.2, 0.25) is 0 Å². The van der Waals surface area contributed by atoms with Crippen molar-refractivity contribution < 1.29 is 0 Å². The van der Waals surface area contributed by atoms with Gasteiger partial charge in [-0.1, -0.05) is 152 Å². The van der Waals surface area contributed by atoms with Crippen LogP contribution in [0.1, 0.15) is 18.1 Å². The first-order chi connectivity index (χ1) is 25.7. The third-order valence-electron chi connectivity index (χ3n) is 10.5. The van der Waals surface area contributed by atoms with E-state index in [4.69, 9.17) is 4.98 Å². The normalized spacial score (nSPS) is 12.1. The van der Waals surface area contributed by atoms with Crippen LogP contribution in [0.5, 0.6) is 0 Å². The fraction of sp³-hybridized carbons (Fsp3) is 0.0200. The van der Waals surface area contributed by atoms with Gasteiger partial charge in [0.2, 0.25) is 0 Å². The molecule has 0 unspecified atom stereocenters. The van der Waals surface area contributed by atoms with Gasteiger partial charge in [0, 0.05) is 10.8 Å². The molecular weight excluding hydrogens is 629 g/mol. The van der Waals surface area contributed by atoms with Crippen molar-refractivity contribution in [2.75, 3.05) is 0 Å². The van der Waals surface area contributed by atoms with E-state index in [1.54, 1.807) is 0 Å². The molecule has 52 heavy (non-hydrogen) atoms. The predicted molar refractivity (Wildman–Crippen MR) is 222 cm³/mol. The summed E-state index contributed by atoms with van der Waals surface area (Å²) in [4.78, 5) is 5.08. The largest absolute Gasteiger partial charge is 0.292 e. The van der Waals surface area contributed by atoms with Crippen LogP contribution >= 0.6 is 0 Å². The molecule has 2 aromatic heterocycles. The summed E-state index contributed by atoms with van der Waals surface area (Å²) in [5.41, 5.74) is 15.3. The molecule has 0 saturated heterocycles. The molecule has 2 heteroatoms. The maximum absolute atomic E-state index is 5.08. The van der Waals surface area contributed by atoms with Crippen molar-refractivity contribution in [3.8, 4) is 33.4 Å². The molecule has 10 rings (SSSR count). The second-order valence-corrected chi connectivity index (χ2v) is 13.6. The molecule has 0 atom stereocenters. The van der Waals surface area contributed by atoms with Gasteiger partial charge in [0.05, 0.1) is 16.6 Å². The summed E-state index contributed by atoms with van der Waals surface area (Å²) in [5, 5.41) is 6.11. The lowest BCUT2D eigenvalue weighted by Gasteiger charge is -2.17. The van der Waals surface area contributed by atoms with Crippen LogP contribution in [-0.4, -0.2) is 9.38 Å². The topological polar surface area (TPSA) is 17.3 Å². The predicted octanol–water partition coefficient (Wildman–Crippen LogP) is 13.5. The van der Waals surface area contributed by atoms with Crippen LogP contribution in [0, 0.1) is 0 Å². The van der Waals surface area contributed by atoms with Crippen LogP contribution in [0.25, 0.3) is 94.2 Å². The zero-order valence-electron chi connectivity index (χ0n) is 28.8. The highest BCUT2D eigenvalue weighted by atomic mass is 15.0. The van der Waals surface area contributed by atoms with Crippen LogP contribution in [0.15, 0.2) is 182 Å². The molecule has 0 aliphatic carbocycles. The highest BCUT2D eigenvalue weighted by molar-refractivity contribution is 6.15. The number of para-hydroxylation sites is 3. The van der Waals surface area contributed by atoms with E-state index in [2.05, 4.69) is 199 Å². The van der Waals surface area contributed by atoms with Crippen molar-refractivity contribution >= 4 is 60.8 Å². The molecule has 8 aromatic carbocycles. The van der Waals surface area contributed by atoms with Gasteiger partial charge < -0.3 is 0 Å². The van der Waals surface area contributed by atoms with Gasteiger partial charge in [-0.2, -0.15) is 0 Å². The van der Waals surface area contributed by atoms with Crippen LogP contribution in [0.4, 0.5) is 0 Å². The number of fused-ring (bicyclic) bond motifs is 9. The number of hydrogen-bond acceptors (Lipinski definition) is 1. The Labute approximate surface area is 302 Å². The Morgan fingerprint density at radius 2 is 1.04 bits per heavy atom. The Bertz CT molecular complexity index is 2990. The molecule has 0 saturated carbocycles. The van der Waals surface area contributed by atoms with Crippen LogP contribution in [0.3, 0.4) is 0 Å². The van der Waals surface area contributed by atoms with E-state index in [9.17, 15) is 0 Å². The maximum atomic E-state index is 5.08. The van der Waals surface area contributed by atoms with Crippen molar-refractivity contribution in [1.29, 1.82) is 0 Å². The monoisotopic (exact) mass is 662 g/mol. The minimum Gasteiger partial charge on any atom is -0.292 e. The van der Waals surface area contributed by atoms with E-state index in [-0.39, 0.29) is 0 Å². The molecular formula is C50H34N2. The van der Waals surface area contributed by atoms with E-state index < -0.39 is 0 Å². The standard InChI is InChI=1S/C50H34N2/c1-33(30-45-40-19-9-8-18-39(40)43(36-14-4-2-5-15-36)32-44(45)37-16-6-3-7-17-37)34-24-26-35(27-25-34)38-28-29-42-46(31-38)41-20-10-12-22-48(41)52-49-23-13-11-21-47(49)51-50(42)52/h2-32H,1H3/b33-30+. The van der Waals surface area contributed by atoms with E-state index in [1.165, 1.54) is 77.1 Å². The number of benzene rings is 8. The lowest BCUT2D eigenvalue weighted by Crippen LogP contribution is -1.92. The first-order valence-corrected chi connectivity index (χ1v) is 17.9. The molecule has 0 bridgehead atoms. The summed E-state index contributed by atoms with van der Waals surface area (Å²) in [5.74, 6) is 0. The molecule has 244 valence electrons. The van der Waals surface area contributed by atoms with Crippen LogP contribution in [-0.2, 0) is 0 Å². The van der Waals surface area contributed by atoms with Gasteiger partial charge in [0.25, 0.3) is 0 Å². The Hall–Kier alpha value is -6.77. The fourth-order valence-corrected chi connectivity index (χ4v) is 7.98. The average Bonchev–Trinajstić information content (AvgIpc) is 3.62. The molecule has 0 N–H and O–H groups in total. The quantitative estimate of drug-likeness (QED) is 0.132. The van der Waals surface area contributed by atoms with Crippen molar-refractivity contribution in [3.63, 3.8) is 0 Å². The number of imidazole rings is 1. The molecule has 0 aliphatic rings. The summed E-state index contributed by atoms with van der Waals surface area (Å²) in [7, 11) is 0. The van der Waals surface area contributed by atoms with Gasteiger partial charge in [-0.15, -0.1) is 0 Å². The van der Waals surface area contributed by atoms with Gasteiger partial charge >= 0.3 is 0 Å². The molecule has 0 amide bonds. The Morgan fingerprint density at radius 3 is 1.79 bits per heavy atom. The van der Waals surface area contributed by atoms with E-state index in [0.717, 1.165) is 22.1 Å². The van der Waals surface area contributed by atoms with Gasteiger partial charge in [-0.25, -0.2) is 4.98 Å². The number of aromatic nitrogens is 2. The molecule has 0 radical (unpaired) electrons. The lowest BCUT2D eigenvalue weighted by atomic mass is 9.87. The minimum atomic E-state index is 0.997. The zero-order valence-corrected chi connectivity index (χ0v) is 28.8. The molecule has 2 nitrogen and oxygen atoms in total. The summed E-state index contributed by atoms with van der Waals surface area (Å²) >= 11 is 0. The lowest BCUT2D eigenvalue weighted by molar-refractivity contribution is 1.31. The van der Waals surface area contributed by atoms with E-state index in [0.29, 0.717) is 0 Å². The molecule has 0 aliphatic heterocycles. The summed E-state index contributed by atoms with van der Waals surface area (Å²) in [6.45, 7) is 2.23. The fourth-order valence-electron chi connectivity index (χ4n) is 7.98. The van der Waals surface area contributed by atoms with Gasteiger partial charge in [-0.3, -0.25) is 4.40 Å². The van der Waals surface area contributed by atoms with E-state index in [1.807, 2.05) is 0 Å². The van der Waals surface area contributed by atoms with Gasteiger partial charge in [-0.05, 0) is 110 Å². The third-order valence-corrected chi connectivity index (χ3v) is 10.5. The number of pyridine rings is 1. The zero-order chi connectivity index (χ0) is 34.6. The van der Waals surface area contributed by atoms with Crippen molar-refractivity contribution in [3.05, 3.63) is 193 Å². The first-order valence-electron chi connectivity index (χ1n) is 17.9. The molecule has 10 aromatic rings. The number of hydrogen-bond donors (Lipinski definition) is 0. The maximum Gasteiger partial charge on any atom is 0.146 e. The van der Waals surface area contributed by atoms with Crippen molar-refractivity contribution in [2.24, 2.45) is 0 Å². The SMILES string of the molecule is C/C(=C\c1c(-c2ccccc2)cc(-c2ccccc2)c2ccccc12)c1ccc(-c2ccc3c(c2)c2ccccc2n2c4ccccc4nc32)cc1. The van der Waals surface area contributed by atoms with Crippen molar-refractivity contribution in [1.82, 2.24) is 9.38 Å². The number of rotatable bonds is 5. The number of allylic oxidation sites excluding steroid dienone is 1. The Morgan fingerprint density at radius 1 is 0.442 bits per heavy atom. The second kappa shape index (κ2) is 12.2. The van der Waals surface area contributed by atoms with Crippen LogP contribution < -0.4 is 0 Å². The average molecular weight is 663 g/mol. The number of nitrogens with zero attached hydrogens (tertiary/aromatic N) is 2. The smallest absolute Gasteiger partial charge is 0.146 e. The van der Waals surface area contributed by atoms with Gasteiger partial charge in [0.15, 0.2) is 0 Å². The molecule has 2 heterocycles. The Balaban J connectivity index is 1.08. The minimum absolute atomic E-state index is 0.997. The van der Waals surface area contributed by atoms with Crippen molar-refractivity contribution in [2.45, 2.75) is 6.92 Å². The Kier molecular flexibility index (Phi) is 7.07. The third kappa shape index (κ3) is 4.92.